The maximum Gasteiger partial charge on any atom is 0.235 e. The molecule has 7 heteroatoms. The number of carbonyl (C=O) groups excluding carboxylic acids is 2. The molecule has 1 unspecified atom stereocenters. The van der Waals surface area contributed by atoms with Gasteiger partial charge in [-0.25, -0.2) is 0 Å². The second-order valence-corrected chi connectivity index (χ2v) is 11.0. The Balaban J connectivity index is 1.27. The minimum absolute atomic E-state index is 0.186. The molecule has 2 N–H and O–H groups in total. The lowest BCUT2D eigenvalue weighted by molar-refractivity contribution is -0.134. The van der Waals surface area contributed by atoms with Crippen molar-refractivity contribution in [3.63, 3.8) is 0 Å². The molecule has 2 amide bonds. The summed E-state index contributed by atoms with van der Waals surface area (Å²) in [7, 11) is 1.95. The molecule has 2 aromatic rings. The molecule has 0 saturated carbocycles. The Labute approximate surface area is 196 Å². The van der Waals surface area contributed by atoms with Crippen LogP contribution in [0, 0.1) is 11.3 Å². The smallest absolute Gasteiger partial charge is 0.235 e. The molecule has 4 heterocycles. The van der Waals surface area contributed by atoms with E-state index in [9.17, 15) is 9.59 Å². The van der Waals surface area contributed by atoms with Gasteiger partial charge in [0.05, 0.1) is 17.1 Å². The SMILES string of the molecule is Cn1nc(C2CCC(=O)NC2=O)c2ccc(C3CCN(C[C@@H]4CCNCC4(C)C)CC3)cc21. The lowest BCUT2D eigenvalue weighted by Crippen LogP contribution is -2.48. The molecular formula is C26H37N5O2. The second kappa shape index (κ2) is 8.84. The Kier molecular flexibility index (Phi) is 6.04. The lowest BCUT2D eigenvalue weighted by Gasteiger charge is -2.43. The molecule has 1 aromatic carbocycles. The zero-order valence-electron chi connectivity index (χ0n) is 20.2. The van der Waals surface area contributed by atoms with Gasteiger partial charge in [0.2, 0.25) is 11.8 Å². The van der Waals surface area contributed by atoms with Gasteiger partial charge in [0.1, 0.15) is 0 Å². The van der Waals surface area contributed by atoms with Gasteiger partial charge in [-0.15, -0.1) is 0 Å². The summed E-state index contributed by atoms with van der Waals surface area (Å²) in [4.78, 5) is 26.6. The van der Waals surface area contributed by atoms with E-state index < -0.39 is 0 Å². The number of carbonyl (C=O) groups is 2. The number of amides is 2. The predicted molar refractivity (Wildman–Crippen MR) is 129 cm³/mol. The van der Waals surface area contributed by atoms with Crippen LogP contribution in [0.5, 0.6) is 0 Å². The lowest BCUT2D eigenvalue weighted by atomic mass is 9.74. The van der Waals surface area contributed by atoms with Crippen LogP contribution in [0.25, 0.3) is 10.9 Å². The quantitative estimate of drug-likeness (QED) is 0.699. The molecule has 178 valence electrons. The van der Waals surface area contributed by atoms with Crippen LogP contribution in [-0.2, 0) is 16.6 Å². The average Bonchev–Trinajstić information content (AvgIpc) is 3.11. The highest BCUT2D eigenvalue weighted by atomic mass is 16.2. The Hall–Kier alpha value is -2.25. The number of aromatic nitrogens is 2. The third-order valence-corrected chi connectivity index (χ3v) is 8.37. The van der Waals surface area contributed by atoms with Gasteiger partial charge in [-0.05, 0) is 74.2 Å². The summed E-state index contributed by atoms with van der Waals surface area (Å²) in [6.45, 7) is 10.6. The fourth-order valence-corrected chi connectivity index (χ4v) is 6.09. The highest BCUT2D eigenvalue weighted by Crippen LogP contribution is 2.36. The van der Waals surface area contributed by atoms with Crippen molar-refractivity contribution >= 4 is 22.7 Å². The maximum absolute atomic E-state index is 12.4. The van der Waals surface area contributed by atoms with Gasteiger partial charge in [-0.1, -0.05) is 26.0 Å². The second-order valence-electron chi connectivity index (χ2n) is 11.0. The molecule has 0 spiro atoms. The van der Waals surface area contributed by atoms with Gasteiger partial charge in [-0.2, -0.15) is 5.10 Å². The van der Waals surface area contributed by atoms with E-state index >= 15 is 0 Å². The van der Waals surface area contributed by atoms with Gasteiger partial charge in [-0.3, -0.25) is 19.6 Å². The van der Waals surface area contributed by atoms with Crippen molar-refractivity contribution in [1.82, 2.24) is 25.3 Å². The molecule has 3 fully saturated rings. The number of aryl methyl sites for hydroxylation is 1. The van der Waals surface area contributed by atoms with Gasteiger partial charge < -0.3 is 10.2 Å². The van der Waals surface area contributed by atoms with E-state index in [1.807, 2.05) is 11.7 Å². The van der Waals surface area contributed by atoms with Crippen LogP contribution >= 0.6 is 0 Å². The van der Waals surface area contributed by atoms with E-state index in [1.165, 1.54) is 31.4 Å². The number of piperidine rings is 3. The molecule has 3 saturated heterocycles. The van der Waals surface area contributed by atoms with Crippen molar-refractivity contribution in [2.45, 2.75) is 57.8 Å². The maximum atomic E-state index is 12.4. The molecular weight excluding hydrogens is 414 g/mol. The van der Waals surface area contributed by atoms with E-state index in [0.717, 1.165) is 48.7 Å². The fourth-order valence-electron chi connectivity index (χ4n) is 6.09. The van der Waals surface area contributed by atoms with Crippen LogP contribution in [0.2, 0.25) is 0 Å². The van der Waals surface area contributed by atoms with Gasteiger partial charge >= 0.3 is 0 Å². The van der Waals surface area contributed by atoms with Crippen molar-refractivity contribution in [2.75, 3.05) is 32.7 Å². The van der Waals surface area contributed by atoms with E-state index in [4.69, 9.17) is 5.10 Å². The van der Waals surface area contributed by atoms with E-state index in [1.54, 1.807) is 0 Å². The van der Waals surface area contributed by atoms with Crippen molar-refractivity contribution in [1.29, 1.82) is 0 Å². The molecule has 3 aliphatic rings. The Morgan fingerprint density at radius 2 is 1.91 bits per heavy atom. The topological polar surface area (TPSA) is 79.3 Å². The summed E-state index contributed by atoms with van der Waals surface area (Å²) in [6, 6.07) is 6.64. The Morgan fingerprint density at radius 1 is 1.12 bits per heavy atom. The van der Waals surface area contributed by atoms with E-state index in [0.29, 0.717) is 24.2 Å². The van der Waals surface area contributed by atoms with E-state index in [-0.39, 0.29) is 17.7 Å². The molecule has 33 heavy (non-hydrogen) atoms. The fraction of sp³-hybridized carbons (Fsp3) is 0.654. The van der Waals surface area contributed by atoms with Crippen molar-refractivity contribution in [3.8, 4) is 0 Å². The monoisotopic (exact) mass is 451 g/mol. The number of nitrogens with zero attached hydrogens (tertiary/aromatic N) is 3. The number of rotatable bonds is 4. The molecule has 7 nitrogen and oxygen atoms in total. The van der Waals surface area contributed by atoms with Crippen LogP contribution in [-0.4, -0.2) is 59.2 Å². The standard InChI is InChI=1S/C26H37N5O2/c1-26(2)16-27-11-8-19(26)15-31-12-9-17(10-13-31)18-4-5-20-22(14-18)30(3)29-24(20)21-6-7-23(32)28-25(21)33/h4-5,14,17,19,21,27H,6-13,15-16H2,1-3H3,(H,28,32,33)/t19-,21?/m0/s1. The molecule has 5 rings (SSSR count). The first-order valence-electron chi connectivity index (χ1n) is 12.5. The van der Waals surface area contributed by atoms with Crippen LogP contribution in [0.1, 0.15) is 69.0 Å². The number of hydrogen-bond donors (Lipinski definition) is 2. The van der Waals surface area contributed by atoms with E-state index in [2.05, 4.69) is 47.6 Å². The van der Waals surface area contributed by atoms with Gasteiger partial charge in [0.15, 0.2) is 0 Å². The molecule has 0 bridgehead atoms. The highest BCUT2D eigenvalue weighted by Gasteiger charge is 2.35. The number of imide groups is 1. The summed E-state index contributed by atoms with van der Waals surface area (Å²) in [5, 5.41) is 11.7. The number of hydrogen-bond acceptors (Lipinski definition) is 5. The first-order chi connectivity index (χ1) is 15.8. The summed E-state index contributed by atoms with van der Waals surface area (Å²) in [5.41, 5.74) is 3.62. The van der Waals surface area contributed by atoms with Crippen molar-refractivity contribution < 1.29 is 9.59 Å². The zero-order valence-corrected chi connectivity index (χ0v) is 20.2. The van der Waals surface area contributed by atoms with Crippen molar-refractivity contribution in [3.05, 3.63) is 29.5 Å². The zero-order chi connectivity index (χ0) is 23.2. The first-order valence-corrected chi connectivity index (χ1v) is 12.5. The van der Waals surface area contributed by atoms with Crippen molar-refractivity contribution in [2.24, 2.45) is 18.4 Å². The number of likely N-dealkylation sites (tertiary alicyclic amines) is 1. The van der Waals surface area contributed by atoms with Crippen LogP contribution in [0.3, 0.4) is 0 Å². The number of fused-ring (bicyclic) bond motifs is 1. The normalized spacial score (nSPS) is 27.1. The van der Waals surface area contributed by atoms with Crippen LogP contribution in [0.4, 0.5) is 0 Å². The van der Waals surface area contributed by atoms with Crippen LogP contribution < -0.4 is 10.6 Å². The minimum atomic E-state index is -0.347. The predicted octanol–water partition coefficient (Wildman–Crippen LogP) is 2.91. The molecule has 0 radical (unpaired) electrons. The van der Waals surface area contributed by atoms with Gasteiger partial charge in [0.25, 0.3) is 0 Å². The molecule has 3 aliphatic heterocycles. The largest absolute Gasteiger partial charge is 0.316 e. The molecule has 1 aromatic heterocycles. The minimum Gasteiger partial charge on any atom is -0.316 e. The summed E-state index contributed by atoms with van der Waals surface area (Å²) >= 11 is 0. The molecule has 2 atom stereocenters. The summed E-state index contributed by atoms with van der Waals surface area (Å²) in [6.07, 6.45) is 4.56. The number of nitrogens with one attached hydrogen (secondary N) is 2. The average molecular weight is 452 g/mol. The summed E-state index contributed by atoms with van der Waals surface area (Å²) in [5.74, 6) is 0.584. The van der Waals surface area contributed by atoms with Crippen LogP contribution in [0.15, 0.2) is 18.2 Å². The summed E-state index contributed by atoms with van der Waals surface area (Å²) < 4.78 is 1.90. The first kappa shape index (κ1) is 22.5. The Bertz CT molecular complexity index is 1050. The third kappa shape index (κ3) is 4.45. The molecule has 0 aliphatic carbocycles. The van der Waals surface area contributed by atoms with Gasteiger partial charge in [0, 0.05) is 31.9 Å². The highest BCUT2D eigenvalue weighted by molar-refractivity contribution is 6.02. The third-order valence-electron chi connectivity index (χ3n) is 8.37. The number of benzene rings is 1. The Morgan fingerprint density at radius 3 is 2.64 bits per heavy atom.